The Morgan fingerprint density at radius 1 is 0.950 bits per heavy atom. The van der Waals surface area contributed by atoms with Gasteiger partial charge in [-0.05, 0) is 50.1 Å². The molecule has 0 radical (unpaired) electrons. The molecule has 0 saturated heterocycles. The smallest absolute Gasteiger partial charge is 0.143 e. The minimum Gasteiger partial charge on any atom is -0.251 e. The maximum absolute atomic E-state index is 4.67. The zero-order chi connectivity index (χ0) is 14.1. The summed E-state index contributed by atoms with van der Waals surface area (Å²) in [7, 11) is 0. The second-order valence-electron chi connectivity index (χ2n) is 4.03. The quantitative estimate of drug-likeness (QED) is 0.444. The Hall–Kier alpha value is -0.560. The summed E-state index contributed by atoms with van der Waals surface area (Å²) in [5.74, 6) is 0. The van der Waals surface area contributed by atoms with Gasteiger partial charge in [0.05, 0.1) is 5.69 Å². The highest BCUT2D eigenvalue weighted by atomic mass is 79.9. The Morgan fingerprint density at radius 2 is 1.70 bits per heavy atom. The van der Waals surface area contributed by atoms with Gasteiger partial charge in [0.1, 0.15) is 10.7 Å². The third-order valence-corrected chi connectivity index (χ3v) is 5.07. The van der Waals surface area contributed by atoms with E-state index in [9.17, 15) is 0 Å². The average molecular weight is 475 g/mol. The Bertz CT molecular complexity index is 753. The predicted molar refractivity (Wildman–Crippen MR) is 93.9 cm³/mol. The minimum absolute atomic E-state index is 0.863. The lowest BCUT2D eigenvalue weighted by atomic mass is 10.2. The van der Waals surface area contributed by atoms with E-state index in [4.69, 9.17) is 0 Å². The molecular weight excluding hydrogens is 468 g/mol. The minimum atomic E-state index is 0.863. The second-order valence-corrected chi connectivity index (χ2v) is 7.57. The summed E-state index contributed by atoms with van der Waals surface area (Å²) in [6.07, 6.45) is 1.78. The van der Waals surface area contributed by atoms with Crippen molar-refractivity contribution in [3.05, 3.63) is 55.3 Å². The molecule has 20 heavy (non-hydrogen) atoms. The lowest BCUT2D eigenvalue weighted by molar-refractivity contribution is 1.26. The Balaban J connectivity index is 1.99. The van der Waals surface area contributed by atoms with Crippen LogP contribution in [0, 0.1) is 0 Å². The topological polar surface area (TPSA) is 25.8 Å². The number of halogens is 3. The summed E-state index contributed by atoms with van der Waals surface area (Å²) < 4.78 is 2.94. The first-order valence-electron chi connectivity index (χ1n) is 5.66. The lowest BCUT2D eigenvalue weighted by Gasteiger charge is -2.00. The molecule has 0 aliphatic rings. The Labute approximate surface area is 145 Å². The van der Waals surface area contributed by atoms with Crippen molar-refractivity contribution < 1.29 is 0 Å². The highest BCUT2D eigenvalue weighted by Crippen LogP contribution is 2.33. The van der Waals surface area contributed by atoms with Crippen LogP contribution in [0.3, 0.4) is 0 Å². The van der Waals surface area contributed by atoms with E-state index in [1.165, 1.54) is 0 Å². The molecule has 100 valence electrons. The van der Waals surface area contributed by atoms with Crippen LogP contribution in [0.4, 0.5) is 0 Å². The van der Waals surface area contributed by atoms with E-state index in [-0.39, 0.29) is 0 Å². The normalized spacial score (nSPS) is 10.8. The highest BCUT2D eigenvalue weighted by molar-refractivity contribution is 9.11. The van der Waals surface area contributed by atoms with Crippen LogP contribution in [0.25, 0.3) is 22.0 Å². The van der Waals surface area contributed by atoms with Crippen LogP contribution in [0.15, 0.2) is 55.3 Å². The van der Waals surface area contributed by atoms with Crippen LogP contribution in [0.2, 0.25) is 0 Å². The first-order valence-corrected chi connectivity index (χ1v) is 8.92. The molecular formula is C14H7Br3N2S. The molecule has 0 fully saturated rings. The van der Waals surface area contributed by atoms with Crippen LogP contribution in [0.1, 0.15) is 0 Å². The second kappa shape index (κ2) is 6.05. The standard InChI is InChI=1S/C14H7Br3N2S/c15-9-3-1-8(2-4-9)12-7-20-14(19-12)13-11(17)5-10(16)6-18-13/h1-7H. The van der Waals surface area contributed by atoms with E-state index in [0.29, 0.717) is 0 Å². The van der Waals surface area contributed by atoms with E-state index in [0.717, 1.165) is 35.4 Å². The van der Waals surface area contributed by atoms with Crippen molar-refractivity contribution in [2.24, 2.45) is 0 Å². The van der Waals surface area contributed by atoms with Gasteiger partial charge in [-0.1, -0.05) is 28.1 Å². The van der Waals surface area contributed by atoms with Crippen molar-refractivity contribution in [2.45, 2.75) is 0 Å². The third kappa shape index (κ3) is 3.03. The van der Waals surface area contributed by atoms with Gasteiger partial charge in [-0.15, -0.1) is 11.3 Å². The van der Waals surface area contributed by atoms with Gasteiger partial charge in [-0.2, -0.15) is 0 Å². The molecule has 3 rings (SSSR count). The number of aromatic nitrogens is 2. The van der Waals surface area contributed by atoms with Gasteiger partial charge >= 0.3 is 0 Å². The van der Waals surface area contributed by atoms with Gasteiger partial charge in [0.15, 0.2) is 0 Å². The number of pyridine rings is 1. The number of hydrogen-bond donors (Lipinski definition) is 0. The van der Waals surface area contributed by atoms with Crippen LogP contribution in [0.5, 0.6) is 0 Å². The molecule has 0 amide bonds. The molecule has 2 nitrogen and oxygen atoms in total. The van der Waals surface area contributed by atoms with Crippen molar-refractivity contribution in [3.63, 3.8) is 0 Å². The van der Waals surface area contributed by atoms with Crippen molar-refractivity contribution in [1.82, 2.24) is 9.97 Å². The molecule has 0 unspecified atom stereocenters. The van der Waals surface area contributed by atoms with Crippen molar-refractivity contribution in [1.29, 1.82) is 0 Å². The first-order chi connectivity index (χ1) is 9.63. The van der Waals surface area contributed by atoms with Crippen LogP contribution < -0.4 is 0 Å². The van der Waals surface area contributed by atoms with Gasteiger partial charge in [-0.25, -0.2) is 4.98 Å². The monoisotopic (exact) mass is 472 g/mol. The molecule has 0 bridgehead atoms. The van der Waals surface area contributed by atoms with Crippen LogP contribution in [-0.4, -0.2) is 9.97 Å². The zero-order valence-electron chi connectivity index (χ0n) is 9.98. The van der Waals surface area contributed by atoms with Gasteiger partial charge < -0.3 is 0 Å². The SMILES string of the molecule is Brc1ccc(-c2csc(-c3ncc(Br)cc3Br)n2)cc1. The van der Waals surface area contributed by atoms with Gasteiger partial charge in [0.25, 0.3) is 0 Å². The molecule has 3 aromatic rings. The van der Waals surface area contributed by atoms with Gasteiger partial charge in [-0.3, -0.25) is 4.98 Å². The van der Waals surface area contributed by atoms with Gasteiger partial charge in [0.2, 0.25) is 0 Å². The van der Waals surface area contributed by atoms with Crippen LogP contribution >= 0.6 is 59.1 Å². The number of benzene rings is 1. The molecule has 0 saturated carbocycles. The average Bonchev–Trinajstić information content (AvgIpc) is 2.89. The molecule has 6 heteroatoms. The molecule has 2 heterocycles. The summed E-state index contributed by atoms with van der Waals surface area (Å²) in [4.78, 5) is 9.08. The fourth-order valence-electron chi connectivity index (χ4n) is 1.71. The van der Waals surface area contributed by atoms with E-state index < -0.39 is 0 Å². The van der Waals surface area contributed by atoms with E-state index in [1.54, 1.807) is 17.5 Å². The van der Waals surface area contributed by atoms with E-state index >= 15 is 0 Å². The summed E-state index contributed by atoms with van der Waals surface area (Å²) >= 11 is 12.0. The van der Waals surface area contributed by atoms with Crippen molar-refractivity contribution in [2.75, 3.05) is 0 Å². The maximum Gasteiger partial charge on any atom is 0.143 e. The van der Waals surface area contributed by atoms with Crippen molar-refractivity contribution in [3.8, 4) is 22.0 Å². The van der Waals surface area contributed by atoms with Crippen molar-refractivity contribution >= 4 is 59.1 Å². The number of hydrogen-bond acceptors (Lipinski definition) is 3. The summed E-state index contributed by atoms with van der Waals surface area (Å²) in [6, 6.07) is 10.1. The molecule has 2 aromatic heterocycles. The largest absolute Gasteiger partial charge is 0.251 e. The molecule has 0 atom stereocenters. The number of rotatable bonds is 2. The lowest BCUT2D eigenvalue weighted by Crippen LogP contribution is -1.85. The molecule has 1 aromatic carbocycles. The summed E-state index contributed by atoms with van der Waals surface area (Å²) in [6.45, 7) is 0. The highest BCUT2D eigenvalue weighted by Gasteiger charge is 2.11. The summed E-state index contributed by atoms with van der Waals surface area (Å²) in [5.41, 5.74) is 2.93. The fourth-order valence-corrected chi connectivity index (χ4v) is 4.12. The number of nitrogens with zero attached hydrogens (tertiary/aromatic N) is 2. The fraction of sp³-hybridized carbons (Fsp3) is 0. The molecule has 0 aliphatic heterocycles. The maximum atomic E-state index is 4.67. The third-order valence-electron chi connectivity index (χ3n) is 2.65. The zero-order valence-corrected chi connectivity index (χ0v) is 15.6. The van der Waals surface area contributed by atoms with E-state index in [1.807, 2.05) is 30.3 Å². The molecule has 0 aliphatic carbocycles. The van der Waals surface area contributed by atoms with Gasteiger partial charge in [0, 0.05) is 30.6 Å². The molecule has 0 spiro atoms. The number of thiazole rings is 1. The molecule has 0 N–H and O–H groups in total. The van der Waals surface area contributed by atoms with E-state index in [2.05, 4.69) is 63.1 Å². The Kier molecular flexibility index (Phi) is 4.35. The Morgan fingerprint density at radius 3 is 2.40 bits per heavy atom. The summed E-state index contributed by atoms with van der Waals surface area (Å²) in [5, 5.41) is 2.96. The van der Waals surface area contributed by atoms with Crippen LogP contribution in [-0.2, 0) is 0 Å². The first kappa shape index (κ1) is 14.4. The predicted octanol–water partition coefficient (Wildman–Crippen LogP) is 6.16.